The summed E-state index contributed by atoms with van der Waals surface area (Å²) >= 11 is 0. The van der Waals surface area contributed by atoms with Crippen LogP contribution in [0, 0.1) is 5.41 Å². The van der Waals surface area contributed by atoms with Gasteiger partial charge in [0.25, 0.3) is 0 Å². The summed E-state index contributed by atoms with van der Waals surface area (Å²) < 4.78 is 0. The average Bonchev–Trinajstić information content (AvgIpc) is 2.53. The van der Waals surface area contributed by atoms with Crippen molar-refractivity contribution >= 4 is 5.91 Å². The van der Waals surface area contributed by atoms with Crippen molar-refractivity contribution in [3.63, 3.8) is 0 Å². The van der Waals surface area contributed by atoms with Crippen LogP contribution in [0.15, 0.2) is 0 Å². The molecular weight excluding hydrogens is 284 g/mol. The minimum Gasteiger partial charge on any atom is -0.370 e. The highest BCUT2D eigenvalue weighted by atomic mass is 16.1. The summed E-state index contributed by atoms with van der Waals surface area (Å²) in [6.45, 7) is 16.8. The van der Waals surface area contributed by atoms with Gasteiger partial charge in [0, 0.05) is 13.0 Å². The van der Waals surface area contributed by atoms with E-state index in [0.717, 1.165) is 12.8 Å². The highest BCUT2D eigenvalue weighted by Crippen LogP contribution is 2.32. The molecule has 1 fully saturated rings. The number of unbranched alkanes of at least 4 members (excludes halogenated alkanes) is 3. The molecular formula is C20H44N2O. The maximum absolute atomic E-state index is 10.6. The lowest BCUT2D eigenvalue weighted by Gasteiger charge is -2.40. The fourth-order valence-corrected chi connectivity index (χ4v) is 2.90. The van der Waals surface area contributed by atoms with Crippen molar-refractivity contribution in [1.29, 1.82) is 0 Å². The van der Waals surface area contributed by atoms with Gasteiger partial charge in [-0.25, -0.2) is 0 Å². The molecule has 0 bridgehead atoms. The Bertz CT molecular complexity index is 268. The summed E-state index contributed by atoms with van der Waals surface area (Å²) in [6, 6.07) is 0. The molecule has 1 amide bonds. The van der Waals surface area contributed by atoms with E-state index < -0.39 is 0 Å². The van der Waals surface area contributed by atoms with Gasteiger partial charge < -0.3 is 10.6 Å². The first-order valence-electron chi connectivity index (χ1n) is 9.98. The summed E-state index contributed by atoms with van der Waals surface area (Å²) in [6.07, 6.45) is 10.4. The minimum atomic E-state index is -0.162. The Kier molecular flexibility index (Phi) is 17.5. The molecule has 2 N–H and O–H groups in total. The van der Waals surface area contributed by atoms with Crippen molar-refractivity contribution in [2.75, 3.05) is 19.6 Å². The number of hydrogen-bond donors (Lipinski definition) is 1. The molecule has 0 aromatic carbocycles. The molecule has 1 unspecified atom stereocenters. The van der Waals surface area contributed by atoms with Crippen LogP contribution in [0.4, 0.5) is 0 Å². The van der Waals surface area contributed by atoms with Crippen molar-refractivity contribution < 1.29 is 4.79 Å². The fourth-order valence-electron chi connectivity index (χ4n) is 2.90. The van der Waals surface area contributed by atoms with Gasteiger partial charge in [-0.1, -0.05) is 60.8 Å². The molecule has 23 heavy (non-hydrogen) atoms. The van der Waals surface area contributed by atoms with Crippen LogP contribution in [0.1, 0.15) is 99.3 Å². The molecule has 1 rings (SSSR count). The van der Waals surface area contributed by atoms with Crippen LogP contribution in [-0.4, -0.2) is 30.4 Å². The summed E-state index contributed by atoms with van der Waals surface area (Å²) in [5.74, 6) is -0.162. The molecule has 1 heterocycles. The van der Waals surface area contributed by atoms with Gasteiger partial charge in [0.15, 0.2) is 0 Å². The molecule has 1 atom stereocenters. The van der Waals surface area contributed by atoms with E-state index in [-0.39, 0.29) is 5.91 Å². The molecule has 0 aromatic rings. The van der Waals surface area contributed by atoms with E-state index in [4.69, 9.17) is 5.73 Å². The zero-order valence-corrected chi connectivity index (χ0v) is 16.9. The number of carbonyl (C=O) groups is 1. The number of carbonyl (C=O) groups excluding carboxylic acids is 1. The molecule has 0 saturated carbocycles. The Balaban J connectivity index is 0. The predicted molar refractivity (Wildman–Crippen MR) is 104 cm³/mol. The number of piperidine rings is 1. The topological polar surface area (TPSA) is 46.3 Å². The molecule has 3 nitrogen and oxygen atoms in total. The second-order valence-corrected chi connectivity index (χ2v) is 6.88. The van der Waals surface area contributed by atoms with Gasteiger partial charge in [0.05, 0.1) is 0 Å². The molecule has 3 heteroatoms. The van der Waals surface area contributed by atoms with E-state index in [9.17, 15) is 4.79 Å². The Morgan fingerprint density at radius 1 is 1.09 bits per heavy atom. The zero-order valence-electron chi connectivity index (χ0n) is 16.9. The molecule has 1 aliphatic heterocycles. The van der Waals surface area contributed by atoms with Crippen LogP contribution in [-0.2, 0) is 4.79 Å². The smallest absolute Gasteiger partial charge is 0.217 e. The highest BCUT2D eigenvalue weighted by Gasteiger charge is 2.28. The predicted octanol–water partition coefficient (Wildman–Crippen LogP) is 5.38. The Morgan fingerprint density at radius 2 is 1.65 bits per heavy atom. The number of likely N-dealkylation sites (tertiary alicyclic amines) is 1. The summed E-state index contributed by atoms with van der Waals surface area (Å²) in [7, 11) is 0. The van der Waals surface area contributed by atoms with Gasteiger partial charge in [0.2, 0.25) is 5.91 Å². The van der Waals surface area contributed by atoms with Crippen molar-refractivity contribution in [2.45, 2.75) is 99.3 Å². The first-order chi connectivity index (χ1) is 11.0. The third-order valence-corrected chi connectivity index (χ3v) is 4.36. The van der Waals surface area contributed by atoms with Crippen LogP contribution in [0.25, 0.3) is 0 Å². The number of primary amides is 1. The highest BCUT2D eigenvalue weighted by molar-refractivity contribution is 5.73. The second-order valence-electron chi connectivity index (χ2n) is 6.88. The first kappa shape index (κ1) is 24.7. The average molecular weight is 329 g/mol. The van der Waals surface area contributed by atoms with Crippen molar-refractivity contribution in [2.24, 2.45) is 11.1 Å². The van der Waals surface area contributed by atoms with E-state index in [2.05, 4.69) is 32.6 Å². The third kappa shape index (κ3) is 14.7. The number of amides is 1. The first-order valence-corrected chi connectivity index (χ1v) is 9.98. The number of nitrogens with zero attached hydrogens (tertiary/aromatic N) is 1. The van der Waals surface area contributed by atoms with Gasteiger partial charge in [-0.15, -0.1) is 0 Å². The molecule has 1 saturated heterocycles. The molecule has 0 radical (unpaired) electrons. The molecule has 0 aromatic heterocycles. The maximum atomic E-state index is 10.6. The summed E-state index contributed by atoms with van der Waals surface area (Å²) in [5.41, 5.74) is 5.67. The van der Waals surface area contributed by atoms with E-state index in [1.54, 1.807) is 0 Å². The van der Waals surface area contributed by atoms with Gasteiger partial charge in [-0.05, 0) is 50.6 Å². The van der Waals surface area contributed by atoms with Crippen molar-refractivity contribution in [3.8, 4) is 0 Å². The van der Waals surface area contributed by atoms with E-state index in [0.29, 0.717) is 11.8 Å². The lowest BCUT2D eigenvalue weighted by atomic mass is 9.79. The van der Waals surface area contributed by atoms with Crippen molar-refractivity contribution in [3.05, 3.63) is 0 Å². The summed E-state index contributed by atoms with van der Waals surface area (Å²) in [5, 5.41) is 0. The maximum Gasteiger partial charge on any atom is 0.217 e. The Hall–Kier alpha value is -0.570. The summed E-state index contributed by atoms with van der Waals surface area (Å²) in [4.78, 5) is 13.2. The number of hydrogen-bond acceptors (Lipinski definition) is 2. The second kappa shape index (κ2) is 16.3. The van der Waals surface area contributed by atoms with E-state index in [1.807, 2.05) is 13.8 Å². The third-order valence-electron chi connectivity index (χ3n) is 4.36. The molecule has 0 spiro atoms. The van der Waals surface area contributed by atoms with Gasteiger partial charge >= 0.3 is 0 Å². The van der Waals surface area contributed by atoms with Gasteiger partial charge in [-0.2, -0.15) is 0 Å². The van der Waals surface area contributed by atoms with Gasteiger partial charge in [0.1, 0.15) is 0 Å². The van der Waals surface area contributed by atoms with Crippen LogP contribution in [0.2, 0.25) is 0 Å². The Morgan fingerprint density at radius 3 is 2.17 bits per heavy atom. The quantitative estimate of drug-likeness (QED) is 0.608. The van der Waals surface area contributed by atoms with Crippen LogP contribution in [0.3, 0.4) is 0 Å². The lowest BCUT2D eigenvalue weighted by molar-refractivity contribution is -0.118. The number of rotatable bonds is 8. The van der Waals surface area contributed by atoms with Gasteiger partial charge in [-0.3, -0.25) is 4.79 Å². The molecule has 140 valence electrons. The van der Waals surface area contributed by atoms with E-state index in [1.165, 1.54) is 58.2 Å². The lowest BCUT2D eigenvalue weighted by Crippen LogP contribution is -2.41. The normalized spacial score (nSPS) is 20.8. The largest absolute Gasteiger partial charge is 0.370 e. The Labute approximate surface area is 146 Å². The van der Waals surface area contributed by atoms with Crippen LogP contribution < -0.4 is 5.73 Å². The number of nitrogens with two attached hydrogens (primary N) is 1. The van der Waals surface area contributed by atoms with Crippen molar-refractivity contribution in [1.82, 2.24) is 4.90 Å². The minimum absolute atomic E-state index is 0.162. The standard InChI is InChI=1S/C15H30N2O.C3H8.C2H6/c1-3-15(2)10-8-12-17(13-15)11-7-5-4-6-9-14(16)18;1-3-2;1-2/h3-13H2,1-2H3,(H2,16,18);3H2,1-2H3;1-2H3. The fraction of sp³-hybridized carbons (Fsp3) is 0.950. The molecule has 0 aliphatic carbocycles. The van der Waals surface area contributed by atoms with Crippen LogP contribution in [0.5, 0.6) is 0 Å². The zero-order chi connectivity index (χ0) is 18.1. The molecule has 1 aliphatic rings. The SMILES string of the molecule is CC.CCC.CCC1(C)CCCN(CCCCCCC(N)=O)C1. The van der Waals surface area contributed by atoms with E-state index >= 15 is 0 Å². The van der Waals surface area contributed by atoms with Crippen LogP contribution >= 0.6 is 0 Å². The monoisotopic (exact) mass is 328 g/mol.